The van der Waals surface area contributed by atoms with Crippen LogP contribution in [0.1, 0.15) is 70.8 Å². The molecule has 3 aromatic rings. The van der Waals surface area contributed by atoms with Crippen LogP contribution in [0.3, 0.4) is 0 Å². The first-order chi connectivity index (χ1) is 16.5. The Morgan fingerprint density at radius 2 is 1.66 bits per heavy atom. The van der Waals surface area contributed by atoms with Crippen molar-refractivity contribution in [3.05, 3.63) is 53.6 Å². The lowest BCUT2D eigenvalue weighted by molar-refractivity contribution is 0.0715. The van der Waals surface area contributed by atoms with E-state index in [1.54, 1.807) is 0 Å². The van der Waals surface area contributed by atoms with Gasteiger partial charge in [0.25, 0.3) is 5.91 Å². The van der Waals surface area contributed by atoms with E-state index in [2.05, 4.69) is 82.6 Å². The summed E-state index contributed by atoms with van der Waals surface area (Å²) in [7, 11) is 0. The van der Waals surface area contributed by atoms with Gasteiger partial charge in [-0.05, 0) is 66.1 Å². The van der Waals surface area contributed by atoms with Gasteiger partial charge in [0.2, 0.25) is 5.95 Å². The molecule has 1 aromatic heterocycles. The minimum atomic E-state index is 0.0770. The Hall–Kier alpha value is -2.86. The fourth-order valence-electron chi connectivity index (χ4n) is 4.31. The predicted molar refractivity (Wildman–Crippen MR) is 147 cm³/mol. The lowest BCUT2D eigenvalue weighted by Gasteiger charge is -2.26. The second-order valence-electron chi connectivity index (χ2n) is 11.4. The summed E-state index contributed by atoms with van der Waals surface area (Å²) in [5.41, 5.74) is 10.7. The third-order valence-electron chi connectivity index (χ3n) is 6.05. The van der Waals surface area contributed by atoms with E-state index in [4.69, 9.17) is 10.7 Å². The molecule has 0 bridgehead atoms. The summed E-state index contributed by atoms with van der Waals surface area (Å²) in [6, 6.07) is 14.4. The Labute approximate surface area is 210 Å². The number of imidazole rings is 1. The second kappa shape index (κ2) is 11.3. The van der Waals surface area contributed by atoms with Gasteiger partial charge in [0.1, 0.15) is 0 Å². The van der Waals surface area contributed by atoms with Crippen LogP contribution >= 0.6 is 0 Å². The molecule has 3 rings (SSSR count). The van der Waals surface area contributed by atoms with E-state index in [-0.39, 0.29) is 11.3 Å². The van der Waals surface area contributed by atoms with Crippen LogP contribution in [-0.4, -0.2) is 40.0 Å². The van der Waals surface area contributed by atoms with Crippen molar-refractivity contribution in [3.63, 3.8) is 0 Å². The van der Waals surface area contributed by atoms with Crippen LogP contribution in [0.5, 0.6) is 0 Å². The number of carbonyl (C=O) groups excluding carboxylic acids is 1. The number of aromatic nitrogens is 2. The largest absolute Gasteiger partial charge is 0.338 e. The number of nitrogens with zero attached hydrogens (tertiary/aromatic N) is 3. The zero-order chi connectivity index (χ0) is 25.8. The molecule has 0 saturated carbocycles. The summed E-state index contributed by atoms with van der Waals surface area (Å²) < 4.78 is 2.14. The van der Waals surface area contributed by atoms with Gasteiger partial charge < -0.3 is 20.5 Å². The van der Waals surface area contributed by atoms with Gasteiger partial charge in [-0.3, -0.25) is 4.79 Å². The molecule has 1 amide bonds. The molecule has 2 aromatic carbocycles. The first-order valence-electron chi connectivity index (χ1n) is 12.9. The first kappa shape index (κ1) is 26.7. The lowest BCUT2D eigenvalue weighted by Crippen LogP contribution is -2.37. The van der Waals surface area contributed by atoms with Gasteiger partial charge >= 0.3 is 0 Å². The zero-order valence-corrected chi connectivity index (χ0v) is 22.6. The SMILES string of the molecule is CC(C)CN(CC(C)C)C(=O)c1ccc2nc(Nc3ccc(C(C)(C)C)cc3)n(CCCN)c2c1. The molecule has 0 aliphatic carbocycles. The Kier molecular flexibility index (Phi) is 8.60. The molecule has 190 valence electrons. The van der Waals surface area contributed by atoms with Gasteiger partial charge in [-0.15, -0.1) is 0 Å². The number of benzene rings is 2. The topological polar surface area (TPSA) is 76.2 Å². The lowest BCUT2D eigenvalue weighted by atomic mass is 9.87. The second-order valence-corrected chi connectivity index (χ2v) is 11.4. The minimum absolute atomic E-state index is 0.0770. The van der Waals surface area contributed by atoms with E-state index in [1.165, 1.54) is 5.56 Å². The number of anilines is 2. The Morgan fingerprint density at radius 3 is 2.20 bits per heavy atom. The van der Waals surface area contributed by atoms with Crippen molar-refractivity contribution >= 4 is 28.6 Å². The number of hydrogen-bond acceptors (Lipinski definition) is 4. The summed E-state index contributed by atoms with van der Waals surface area (Å²) in [6.45, 7) is 18.1. The predicted octanol–water partition coefficient (Wildman–Crippen LogP) is 6.18. The van der Waals surface area contributed by atoms with Crippen molar-refractivity contribution in [2.45, 2.75) is 66.8 Å². The van der Waals surface area contributed by atoms with Gasteiger partial charge in [0.05, 0.1) is 11.0 Å². The molecule has 6 heteroatoms. The van der Waals surface area contributed by atoms with Crippen molar-refractivity contribution in [2.75, 3.05) is 25.0 Å². The quantitative estimate of drug-likeness (QED) is 0.365. The molecule has 3 N–H and O–H groups in total. The molecule has 0 fully saturated rings. The highest BCUT2D eigenvalue weighted by Gasteiger charge is 2.20. The number of hydrogen-bond donors (Lipinski definition) is 2. The summed E-state index contributed by atoms with van der Waals surface area (Å²) in [5, 5.41) is 3.49. The number of rotatable bonds is 10. The number of nitrogens with one attached hydrogen (secondary N) is 1. The molecule has 0 aliphatic heterocycles. The summed E-state index contributed by atoms with van der Waals surface area (Å²) in [4.78, 5) is 20.3. The summed E-state index contributed by atoms with van der Waals surface area (Å²) >= 11 is 0. The Balaban J connectivity index is 1.96. The van der Waals surface area contributed by atoms with E-state index in [0.29, 0.717) is 23.9 Å². The molecule has 1 heterocycles. The van der Waals surface area contributed by atoms with Crippen LogP contribution in [0.25, 0.3) is 11.0 Å². The normalized spacial score (nSPS) is 12.1. The average molecular weight is 478 g/mol. The van der Waals surface area contributed by atoms with Crippen LogP contribution in [-0.2, 0) is 12.0 Å². The van der Waals surface area contributed by atoms with Crippen molar-refractivity contribution < 1.29 is 4.79 Å². The number of nitrogens with two attached hydrogens (primary N) is 1. The van der Waals surface area contributed by atoms with Crippen molar-refractivity contribution in [3.8, 4) is 0 Å². The maximum atomic E-state index is 13.5. The highest BCUT2D eigenvalue weighted by atomic mass is 16.2. The highest BCUT2D eigenvalue weighted by Crippen LogP contribution is 2.27. The van der Waals surface area contributed by atoms with Gasteiger partial charge in [0.15, 0.2) is 0 Å². The van der Waals surface area contributed by atoms with E-state index in [0.717, 1.165) is 48.7 Å². The van der Waals surface area contributed by atoms with Crippen LogP contribution in [0.4, 0.5) is 11.6 Å². The highest BCUT2D eigenvalue weighted by molar-refractivity contribution is 5.98. The van der Waals surface area contributed by atoms with Gasteiger partial charge in [0, 0.05) is 30.9 Å². The number of carbonyl (C=O) groups is 1. The maximum absolute atomic E-state index is 13.5. The van der Waals surface area contributed by atoms with Gasteiger partial charge in [-0.1, -0.05) is 60.6 Å². The number of aryl methyl sites for hydroxylation is 1. The molecule has 0 radical (unpaired) electrons. The number of fused-ring (bicyclic) bond motifs is 1. The summed E-state index contributed by atoms with van der Waals surface area (Å²) in [6.07, 6.45) is 0.827. The fraction of sp³-hybridized carbons (Fsp3) is 0.517. The molecule has 0 atom stereocenters. The average Bonchev–Trinajstić information content (AvgIpc) is 3.11. The van der Waals surface area contributed by atoms with Crippen LogP contribution < -0.4 is 11.1 Å². The van der Waals surface area contributed by atoms with Crippen LogP contribution in [0.2, 0.25) is 0 Å². The van der Waals surface area contributed by atoms with E-state index >= 15 is 0 Å². The van der Waals surface area contributed by atoms with Crippen molar-refractivity contribution in [1.82, 2.24) is 14.5 Å². The third kappa shape index (κ3) is 6.85. The smallest absolute Gasteiger partial charge is 0.253 e. The standard InChI is InChI=1S/C29H43N5O/c1-20(2)18-33(19-21(3)4)27(35)22-9-14-25-26(17-22)34(16-8-15-30)28(32-25)31-24-12-10-23(11-13-24)29(5,6)7/h9-14,17,20-21H,8,15-16,18-19,30H2,1-7H3,(H,31,32). The molecule has 0 saturated heterocycles. The van der Waals surface area contributed by atoms with Crippen LogP contribution in [0.15, 0.2) is 42.5 Å². The molecular weight excluding hydrogens is 434 g/mol. The Bertz CT molecular complexity index is 1110. The van der Waals surface area contributed by atoms with Crippen molar-refractivity contribution in [2.24, 2.45) is 17.6 Å². The van der Waals surface area contributed by atoms with E-state index < -0.39 is 0 Å². The Morgan fingerprint density at radius 1 is 1.03 bits per heavy atom. The van der Waals surface area contributed by atoms with E-state index in [1.807, 2.05) is 23.1 Å². The molecule has 35 heavy (non-hydrogen) atoms. The molecule has 0 unspecified atom stereocenters. The zero-order valence-electron chi connectivity index (χ0n) is 22.6. The van der Waals surface area contributed by atoms with Crippen molar-refractivity contribution in [1.29, 1.82) is 0 Å². The monoisotopic (exact) mass is 477 g/mol. The van der Waals surface area contributed by atoms with E-state index in [9.17, 15) is 4.79 Å². The minimum Gasteiger partial charge on any atom is -0.338 e. The maximum Gasteiger partial charge on any atom is 0.253 e. The first-order valence-corrected chi connectivity index (χ1v) is 12.9. The molecule has 0 aliphatic rings. The van der Waals surface area contributed by atoms with Crippen LogP contribution in [0, 0.1) is 11.8 Å². The number of amides is 1. The third-order valence-corrected chi connectivity index (χ3v) is 6.05. The summed E-state index contributed by atoms with van der Waals surface area (Å²) in [5.74, 6) is 1.67. The fourth-order valence-corrected chi connectivity index (χ4v) is 4.31. The van der Waals surface area contributed by atoms with Gasteiger partial charge in [-0.2, -0.15) is 0 Å². The van der Waals surface area contributed by atoms with Gasteiger partial charge in [-0.25, -0.2) is 4.98 Å². The molecule has 6 nitrogen and oxygen atoms in total. The molecule has 0 spiro atoms. The molecular formula is C29H43N5O.